The van der Waals surface area contributed by atoms with E-state index in [1.807, 2.05) is 43.3 Å². The van der Waals surface area contributed by atoms with E-state index in [0.29, 0.717) is 28.1 Å². The number of benzene rings is 3. The molecule has 3 aromatic carbocycles. The number of carbonyl (C=O) groups is 1. The molecule has 0 atom stereocenters. The summed E-state index contributed by atoms with van der Waals surface area (Å²) in [5.74, 6) is 1.14. The fourth-order valence-corrected chi connectivity index (χ4v) is 4.21. The van der Waals surface area contributed by atoms with Crippen molar-refractivity contribution < 1.29 is 19.2 Å². The molecule has 1 saturated heterocycles. The monoisotopic (exact) mass is 454 g/mol. The fraction of sp³-hybridized carbons (Fsp3) is 0.214. The lowest BCUT2D eigenvalue weighted by Gasteiger charge is -2.38. The van der Waals surface area contributed by atoms with Gasteiger partial charge in [0.15, 0.2) is 11.5 Å². The number of ether oxygens (including phenoxy) is 1. The van der Waals surface area contributed by atoms with Crippen molar-refractivity contribution in [2.24, 2.45) is 0 Å². The molecule has 1 aliphatic heterocycles. The summed E-state index contributed by atoms with van der Waals surface area (Å²) in [5, 5.41) is 14.0. The molecule has 1 aliphatic rings. The number of phenolic OH excluding ortho intramolecular Hbond substituents is 1. The molecule has 0 aliphatic carbocycles. The van der Waals surface area contributed by atoms with Gasteiger partial charge < -0.3 is 14.4 Å². The number of aromatic hydroxyl groups is 1. The third kappa shape index (κ3) is 4.20. The summed E-state index contributed by atoms with van der Waals surface area (Å²) in [6.45, 7) is 6.98. The number of likely N-dealkylation sites (N-methyl/N-ethyl adjacent to an activating group) is 1. The van der Waals surface area contributed by atoms with Crippen molar-refractivity contribution in [1.29, 1.82) is 0 Å². The van der Waals surface area contributed by atoms with Crippen molar-refractivity contribution in [3.63, 3.8) is 0 Å². The molecular weight excluding hydrogens is 428 g/mol. The van der Waals surface area contributed by atoms with Crippen molar-refractivity contribution in [1.82, 2.24) is 10.1 Å². The lowest BCUT2D eigenvalue weighted by Crippen LogP contribution is -2.53. The Labute approximate surface area is 198 Å². The van der Waals surface area contributed by atoms with E-state index in [0.717, 1.165) is 36.5 Å². The Morgan fingerprint density at radius 3 is 2.44 bits per heavy atom. The molecule has 1 aromatic heterocycles. The molecular formula is C28H26N2O4. The summed E-state index contributed by atoms with van der Waals surface area (Å²) in [6.07, 6.45) is 0.188. The molecule has 0 amide bonds. The van der Waals surface area contributed by atoms with Gasteiger partial charge in [0.2, 0.25) is 0 Å². The SMILES string of the molecule is CCN1CC(Oc2ccc(C(=O)c3c(-c4ccc(O)cc4)noc3-c3ccccc3C)cc2)C1. The second kappa shape index (κ2) is 9.15. The number of aromatic nitrogens is 1. The summed E-state index contributed by atoms with van der Waals surface area (Å²) in [4.78, 5) is 16.1. The first-order valence-corrected chi connectivity index (χ1v) is 11.4. The lowest BCUT2D eigenvalue weighted by atomic mass is 9.94. The number of ketones is 1. The maximum Gasteiger partial charge on any atom is 0.199 e. The van der Waals surface area contributed by atoms with Gasteiger partial charge in [0, 0.05) is 29.8 Å². The topological polar surface area (TPSA) is 75.8 Å². The van der Waals surface area contributed by atoms with E-state index < -0.39 is 0 Å². The molecule has 34 heavy (non-hydrogen) atoms. The number of likely N-dealkylation sites (tertiary alicyclic amines) is 1. The number of hydrogen-bond donors (Lipinski definition) is 1. The summed E-state index contributed by atoms with van der Waals surface area (Å²) in [6, 6.07) is 21.6. The van der Waals surface area contributed by atoms with Crippen LogP contribution < -0.4 is 4.74 Å². The van der Waals surface area contributed by atoms with Gasteiger partial charge in [-0.15, -0.1) is 0 Å². The molecule has 6 nitrogen and oxygen atoms in total. The van der Waals surface area contributed by atoms with Gasteiger partial charge in [-0.2, -0.15) is 0 Å². The number of nitrogens with zero attached hydrogens (tertiary/aromatic N) is 2. The molecule has 0 spiro atoms. The third-order valence-corrected chi connectivity index (χ3v) is 6.24. The molecule has 0 unspecified atom stereocenters. The molecule has 1 fully saturated rings. The fourth-order valence-electron chi connectivity index (χ4n) is 4.21. The zero-order valence-corrected chi connectivity index (χ0v) is 19.2. The first-order valence-electron chi connectivity index (χ1n) is 11.4. The Hall–Kier alpha value is -3.90. The van der Waals surface area contributed by atoms with Gasteiger partial charge in [-0.3, -0.25) is 9.69 Å². The Bertz CT molecular complexity index is 1300. The highest BCUT2D eigenvalue weighted by molar-refractivity contribution is 6.15. The predicted molar refractivity (Wildman–Crippen MR) is 130 cm³/mol. The van der Waals surface area contributed by atoms with E-state index >= 15 is 0 Å². The Balaban J connectivity index is 1.50. The number of hydrogen-bond acceptors (Lipinski definition) is 6. The van der Waals surface area contributed by atoms with Gasteiger partial charge in [0.25, 0.3) is 0 Å². The first kappa shape index (κ1) is 21.9. The molecule has 1 N–H and O–H groups in total. The quantitative estimate of drug-likeness (QED) is 0.380. The lowest BCUT2D eigenvalue weighted by molar-refractivity contribution is 0.0238. The summed E-state index contributed by atoms with van der Waals surface area (Å²) in [7, 11) is 0. The molecule has 0 saturated carbocycles. The highest BCUT2D eigenvalue weighted by Gasteiger charge is 2.28. The van der Waals surface area contributed by atoms with Crippen LogP contribution in [-0.4, -0.2) is 46.7 Å². The van der Waals surface area contributed by atoms with E-state index in [4.69, 9.17) is 9.26 Å². The van der Waals surface area contributed by atoms with E-state index in [1.165, 1.54) is 0 Å². The minimum absolute atomic E-state index is 0.142. The maximum atomic E-state index is 13.8. The van der Waals surface area contributed by atoms with Crippen LogP contribution in [0.15, 0.2) is 77.3 Å². The Kier molecular flexibility index (Phi) is 5.90. The van der Waals surface area contributed by atoms with Crippen molar-refractivity contribution >= 4 is 5.78 Å². The molecule has 172 valence electrons. The van der Waals surface area contributed by atoms with Gasteiger partial charge in [-0.25, -0.2) is 0 Å². The minimum atomic E-state index is -0.185. The van der Waals surface area contributed by atoms with E-state index in [-0.39, 0.29) is 17.6 Å². The van der Waals surface area contributed by atoms with Crippen LogP contribution in [0.3, 0.4) is 0 Å². The van der Waals surface area contributed by atoms with E-state index in [2.05, 4.69) is 17.0 Å². The van der Waals surface area contributed by atoms with Crippen molar-refractivity contribution in [2.75, 3.05) is 19.6 Å². The Morgan fingerprint density at radius 1 is 1.06 bits per heavy atom. The number of carbonyl (C=O) groups excluding carboxylic acids is 1. The van der Waals surface area contributed by atoms with Crippen molar-refractivity contribution in [3.8, 4) is 34.1 Å². The van der Waals surface area contributed by atoms with E-state index in [1.54, 1.807) is 36.4 Å². The van der Waals surface area contributed by atoms with Crippen LogP contribution in [0.25, 0.3) is 22.6 Å². The largest absolute Gasteiger partial charge is 0.508 e. The van der Waals surface area contributed by atoms with Crippen LogP contribution in [-0.2, 0) is 0 Å². The predicted octanol–water partition coefficient (Wildman–Crippen LogP) is 5.34. The zero-order chi connectivity index (χ0) is 23.7. The molecule has 4 aromatic rings. The molecule has 6 heteroatoms. The number of phenols is 1. The van der Waals surface area contributed by atoms with Crippen LogP contribution >= 0.6 is 0 Å². The molecule has 2 heterocycles. The third-order valence-electron chi connectivity index (χ3n) is 6.24. The van der Waals surface area contributed by atoms with Gasteiger partial charge in [-0.1, -0.05) is 36.3 Å². The highest BCUT2D eigenvalue weighted by Crippen LogP contribution is 2.36. The van der Waals surface area contributed by atoms with Gasteiger partial charge >= 0.3 is 0 Å². The number of aryl methyl sites for hydroxylation is 1. The molecule has 0 bridgehead atoms. The van der Waals surface area contributed by atoms with Crippen molar-refractivity contribution in [2.45, 2.75) is 20.0 Å². The van der Waals surface area contributed by atoms with E-state index in [9.17, 15) is 9.90 Å². The standard InChI is InChI=1S/C28H26N2O4/c1-3-30-16-23(17-30)33-22-14-10-20(11-15-22)27(32)25-26(19-8-12-21(31)13-9-19)29-34-28(25)24-7-5-4-6-18(24)2/h4-15,23,31H,3,16-17H2,1-2H3. The van der Waals surface area contributed by atoms with Gasteiger partial charge in [-0.05, 0) is 67.6 Å². The highest BCUT2D eigenvalue weighted by atomic mass is 16.5. The smallest absolute Gasteiger partial charge is 0.199 e. The minimum Gasteiger partial charge on any atom is -0.508 e. The van der Waals surface area contributed by atoms with Gasteiger partial charge in [0.1, 0.15) is 23.3 Å². The maximum absolute atomic E-state index is 13.8. The average Bonchev–Trinajstić information content (AvgIpc) is 3.26. The zero-order valence-electron chi connectivity index (χ0n) is 19.2. The average molecular weight is 455 g/mol. The van der Waals surface area contributed by atoms with Crippen LogP contribution in [0.1, 0.15) is 28.4 Å². The summed E-state index contributed by atoms with van der Waals surface area (Å²) >= 11 is 0. The Morgan fingerprint density at radius 2 is 1.76 bits per heavy atom. The van der Waals surface area contributed by atoms with Gasteiger partial charge in [0.05, 0.1) is 5.56 Å². The van der Waals surface area contributed by atoms with Crippen LogP contribution in [0.2, 0.25) is 0 Å². The molecule has 0 radical (unpaired) electrons. The first-order chi connectivity index (χ1) is 16.5. The summed E-state index contributed by atoms with van der Waals surface area (Å²) in [5.41, 5.74) is 3.84. The van der Waals surface area contributed by atoms with Crippen molar-refractivity contribution in [3.05, 3.63) is 89.5 Å². The molecule has 5 rings (SSSR count). The number of rotatable bonds is 7. The second-order valence-corrected chi connectivity index (χ2v) is 8.54. The second-order valence-electron chi connectivity index (χ2n) is 8.54. The summed E-state index contributed by atoms with van der Waals surface area (Å²) < 4.78 is 11.8. The van der Waals surface area contributed by atoms with Crippen LogP contribution in [0, 0.1) is 6.92 Å². The van der Waals surface area contributed by atoms with Crippen LogP contribution in [0.5, 0.6) is 11.5 Å². The van der Waals surface area contributed by atoms with Crippen LogP contribution in [0.4, 0.5) is 0 Å². The normalized spacial score (nSPS) is 14.1.